The van der Waals surface area contributed by atoms with Crippen molar-refractivity contribution in [1.29, 1.82) is 0 Å². The van der Waals surface area contributed by atoms with Crippen LogP contribution >= 0.6 is 11.6 Å². The molecule has 0 unspecified atom stereocenters. The van der Waals surface area contributed by atoms with E-state index in [2.05, 4.69) is 17.9 Å². The second-order valence-electron chi connectivity index (χ2n) is 5.31. The summed E-state index contributed by atoms with van der Waals surface area (Å²) in [5, 5.41) is 7.59. The molecular weight excluding hydrogens is 420 g/mol. The Morgan fingerprint density at radius 1 is 0.926 bits per heavy atom. The van der Waals surface area contributed by atoms with E-state index in [4.69, 9.17) is 16.7 Å². The molecule has 0 aliphatic heterocycles. The van der Waals surface area contributed by atoms with Crippen LogP contribution in [0.5, 0.6) is 0 Å². The van der Waals surface area contributed by atoms with E-state index in [1.54, 1.807) is 6.92 Å². The zero-order valence-electron chi connectivity index (χ0n) is 16.2. The van der Waals surface area contributed by atoms with Gasteiger partial charge in [0.25, 0.3) is 0 Å². The van der Waals surface area contributed by atoms with Gasteiger partial charge in [-0.1, -0.05) is 27.0 Å². The van der Waals surface area contributed by atoms with Gasteiger partial charge in [-0.05, 0) is 24.4 Å². The summed E-state index contributed by atoms with van der Waals surface area (Å²) in [5.74, 6) is -0.797. The Balaban J connectivity index is -0.000000350. The van der Waals surface area contributed by atoms with Crippen molar-refractivity contribution in [2.24, 2.45) is 0 Å². The van der Waals surface area contributed by atoms with E-state index in [1.807, 2.05) is 6.92 Å². The van der Waals surface area contributed by atoms with Crippen molar-refractivity contribution in [3.63, 3.8) is 0 Å². The Morgan fingerprint density at radius 2 is 1.33 bits per heavy atom. The highest BCUT2D eigenvalue weighted by atomic mass is 35.5. The zero-order valence-corrected chi connectivity index (χ0v) is 18.5. The summed E-state index contributed by atoms with van der Waals surface area (Å²) in [7, 11) is -5.98. The van der Waals surface area contributed by atoms with Crippen molar-refractivity contribution in [1.82, 2.24) is 0 Å². The minimum Gasteiger partial charge on any atom is -0.461 e. The molecule has 0 aromatic carbocycles. The van der Waals surface area contributed by atoms with Gasteiger partial charge in [0, 0.05) is 23.7 Å². The maximum atomic E-state index is 10.9. The fourth-order valence-corrected chi connectivity index (χ4v) is 1.69. The van der Waals surface area contributed by atoms with E-state index in [0.717, 1.165) is 12.5 Å². The molecule has 0 heterocycles. The first-order valence-corrected chi connectivity index (χ1v) is 12.3. The summed E-state index contributed by atoms with van der Waals surface area (Å²) in [6, 6.07) is 0. The fourth-order valence-electron chi connectivity index (χ4n) is 0.837. The lowest BCUT2D eigenvalue weighted by Gasteiger charge is -2.03. The van der Waals surface area contributed by atoms with Crippen LogP contribution in [0, 0.1) is 0 Å². The van der Waals surface area contributed by atoms with E-state index in [9.17, 15) is 26.4 Å². The van der Waals surface area contributed by atoms with Gasteiger partial charge < -0.3 is 9.84 Å². The van der Waals surface area contributed by atoms with Gasteiger partial charge in [0.15, 0.2) is 9.84 Å². The highest BCUT2D eigenvalue weighted by Crippen LogP contribution is 2.00. The van der Waals surface area contributed by atoms with Gasteiger partial charge in [0.05, 0.1) is 18.1 Å². The van der Waals surface area contributed by atoms with Crippen molar-refractivity contribution >= 4 is 42.5 Å². The van der Waals surface area contributed by atoms with Crippen molar-refractivity contribution < 1.29 is 36.3 Å². The first-order valence-electron chi connectivity index (χ1n) is 7.80. The second kappa shape index (κ2) is 15.8. The molecule has 0 spiro atoms. The lowest BCUT2D eigenvalue weighted by atomic mass is 10.2. The number of ether oxygens (including phenoxy) is 1. The predicted molar refractivity (Wildman–Crippen MR) is 107 cm³/mol. The number of carbonyl (C=O) groups excluding carboxylic acids is 2. The summed E-state index contributed by atoms with van der Waals surface area (Å²) in [6.07, 6.45) is 3.33. The van der Waals surface area contributed by atoms with Crippen molar-refractivity contribution in [2.75, 3.05) is 37.2 Å². The molecule has 0 atom stereocenters. The number of halogens is 1. The van der Waals surface area contributed by atoms with Gasteiger partial charge in [-0.15, -0.1) is 0 Å². The molecule has 0 aliphatic rings. The fraction of sp³-hybridized carbons (Fsp3) is 0.625. The van der Waals surface area contributed by atoms with Crippen LogP contribution in [-0.4, -0.2) is 70.4 Å². The molecule has 160 valence electrons. The van der Waals surface area contributed by atoms with Crippen LogP contribution in [0.4, 0.5) is 0 Å². The van der Waals surface area contributed by atoms with Gasteiger partial charge in [-0.2, -0.15) is 0 Å². The molecule has 0 aromatic heterocycles. The van der Waals surface area contributed by atoms with Crippen LogP contribution < -0.4 is 0 Å². The van der Waals surface area contributed by atoms with Gasteiger partial charge in [0.1, 0.15) is 16.4 Å². The third kappa shape index (κ3) is 27.1. The number of hydrogen-bond acceptors (Lipinski definition) is 8. The lowest BCUT2D eigenvalue weighted by molar-refractivity contribution is -0.138. The number of sulfone groups is 2. The molecule has 0 saturated heterocycles. The van der Waals surface area contributed by atoms with Crippen molar-refractivity contribution in [3.8, 4) is 0 Å². The molecule has 0 bridgehead atoms. The molecule has 0 saturated carbocycles. The molecule has 0 aliphatic carbocycles. The Labute approximate surface area is 167 Å². The Bertz CT molecular complexity index is 694. The Hall–Kier alpha value is -1.23. The number of allylic oxidation sites excluding steroid dienone is 1. The molecule has 27 heavy (non-hydrogen) atoms. The SMILES string of the molecule is C=C(CC)C(=O)Cl.C=C(CC)C(=O)OCCS(C)(=O)=O.CS(=O)(=O)CCO. The van der Waals surface area contributed by atoms with Gasteiger partial charge in [0.2, 0.25) is 5.24 Å². The molecule has 11 heteroatoms. The molecule has 0 aromatic rings. The van der Waals surface area contributed by atoms with Gasteiger partial charge in [-0.3, -0.25) is 4.79 Å². The third-order valence-electron chi connectivity index (χ3n) is 2.57. The standard InChI is InChI=1S/C8H14O4S.C5H7ClO.C3H8O3S/c1-4-7(2)8(9)12-5-6-13(3,10)11;1-3-4(2)5(6)7;1-7(5,6)3-2-4/h2,4-6H2,1,3H3;2-3H2,1H3;4H,2-3H2,1H3. The number of rotatable bonds is 9. The van der Waals surface area contributed by atoms with Crippen LogP contribution in [0.1, 0.15) is 26.7 Å². The largest absolute Gasteiger partial charge is 0.461 e. The number of aliphatic hydroxyl groups is 1. The van der Waals surface area contributed by atoms with Crippen LogP contribution in [0.2, 0.25) is 0 Å². The Kier molecular flexibility index (Phi) is 17.8. The maximum Gasteiger partial charge on any atom is 0.333 e. The first-order chi connectivity index (χ1) is 12.1. The predicted octanol–water partition coefficient (Wildman–Crippen LogP) is 1.28. The summed E-state index contributed by atoms with van der Waals surface area (Å²) in [6.45, 7) is 10.1. The molecule has 8 nitrogen and oxygen atoms in total. The number of aliphatic hydroxyl groups excluding tert-OH is 1. The minimum absolute atomic E-state index is 0.101. The van der Waals surface area contributed by atoms with Gasteiger partial charge >= 0.3 is 5.97 Å². The van der Waals surface area contributed by atoms with E-state index in [0.29, 0.717) is 24.0 Å². The highest BCUT2D eigenvalue weighted by Gasteiger charge is 2.08. The normalized spacial score (nSPS) is 10.4. The van der Waals surface area contributed by atoms with Crippen LogP contribution in [-0.2, 0) is 34.0 Å². The van der Waals surface area contributed by atoms with E-state index in [1.165, 1.54) is 0 Å². The van der Waals surface area contributed by atoms with Gasteiger partial charge in [-0.25, -0.2) is 21.6 Å². The lowest BCUT2D eigenvalue weighted by Crippen LogP contribution is -2.14. The minimum atomic E-state index is -3.06. The summed E-state index contributed by atoms with van der Waals surface area (Å²) in [4.78, 5) is 21.0. The van der Waals surface area contributed by atoms with E-state index >= 15 is 0 Å². The summed E-state index contributed by atoms with van der Waals surface area (Å²) in [5.41, 5.74) is 0.829. The van der Waals surface area contributed by atoms with Crippen molar-refractivity contribution in [3.05, 3.63) is 24.3 Å². The average Bonchev–Trinajstić information content (AvgIpc) is 2.51. The zero-order chi connectivity index (χ0) is 22.3. The number of esters is 1. The second-order valence-corrected chi connectivity index (χ2v) is 10.2. The number of hydrogen-bond donors (Lipinski definition) is 1. The molecule has 1 N–H and O–H groups in total. The molecule has 0 rings (SSSR count). The monoisotopic (exact) mass is 448 g/mol. The summed E-state index contributed by atoms with van der Waals surface area (Å²) < 4.78 is 46.1. The first kappa shape index (κ1) is 30.5. The smallest absolute Gasteiger partial charge is 0.333 e. The topological polar surface area (TPSA) is 132 Å². The summed E-state index contributed by atoms with van der Waals surface area (Å²) >= 11 is 4.99. The Morgan fingerprint density at radius 3 is 1.52 bits per heavy atom. The molecular formula is C16H29ClO8S2. The van der Waals surface area contributed by atoms with E-state index < -0.39 is 30.9 Å². The molecule has 0 amide bonds. The number of carbonyl (C=O) groups is 2. The third-order valence-corrected chi connectivity index (χ3v) is 4.67. The van der Waals surface area contributed by atoms with E-state index in [-0.39, 0.29) is 24.7 Å². The van der Waals surface area contributed by atoms with Crippen LogP contribution in [0.15, 0.2) is 24.3 Å². The van der Waals surface area contributed by atoms with Crippen LogP contribution in [0.25, 0.3) is 0 Å². The molecule has 0 radical (unpaired) electrons. The molecule has 0 fully saturated rings. The quantitative estimate of drug-likeness (QED) is 0.317. The highest BCUT2D eigenvalue weighted by molar-refractivity contribution is 7.90. The van der Waals surface area contributed by atoms with Crippen LogP contribution in [0.3, 0.4) is 0 Å². The maximum absolute atomic E-state index is 10.9. The average molecular weight is 449 g/mol. The van der Waals surface area contributed by atoms with Crippen molar-refractivity contribution in [2.45, 2.75) is 26.7 Å².